The number of hydrogen-bond acceptors (Lipinski definition) is 5. The van der Waals surface area contributed by atoms with E-state index in [1.165, 1.54) is 65.8 Å². The van der Waals surface area contributed by atoms with Crippen LogP contribution < -0.4 is 5.32 Å². The van der Waals surface area contributed by atoms with Gasteiger partial charge in [-0.1, -0.05) is 6.07 Å². The Morgan fingerprint density at radius 2 is 1.79 bits per heavy atom. The van der Waals surface area contributed by atoms with Crippen molar-refractivity contribution in [1.82, 2.24) is 14.8 Å². The van der Waals surface area contributed by atoms with Crippen molar-refractivity contribution >= 4 is 27.7 Å². The maximum Gasteiger partial charge on any atom is 0.423 e. The molecule has 0 saturated heterocycles. The summed E-state index contributed by atoms with van der Waals surface area (Å²) >= 11 is 0. The molecule has 33 heavy (non-hydrogen) atoms. The minimum atomic E-state index is -4.96. The Morgan fingerprint density at radius 3 is 2.55 bits per heavy atom. The Hall–Kier alpha value is -3.92. The van der Waals surface area contributed by atoms with E-state index in [0.717, 1.165) is 0 Å². The highest BCUT2D eigenvalue weighted by Crippen LogP contribution is 2.40. The molecule has 0 spiro atoms. The lowest BCUT2D eigenvalue weighted by molar-refractivity contribution is -0.260. The summed E-state index contributed by atoms with van der Waals surface area (Å²) in [5.41, 5.74) is -1.13. The first kappa shape index (κ1) is 21.0. The van der Waals surface area contributed by atoms with Crippen LogP contribution in [0.4, 0.5) is 23.2 Å². The highest BCUT2D eigenvalue weighted by molar-refractivity contribution is 5.81. The van der Waals surface area contributed by atoms with Crippen molar-refractivity contribution in [3.63, 3.8) is 0 Å². The summed E-state index contributed by atoms with van der Waals surface area (Å²) in [6.45, 7) is -0.826. The molecule has 2 N–H and O–H groups in total. The summed E-state index contributed by atoms with van der Waals surface area (Å²) in [6, 6.07) is 14.1. The zero-order valence-corrected chi connectivity index (χ0v) is 16.8. The summed E-state index contributed by atoms with van der Waals surface area (Å²) in [5.74, 6) is -0.414. The fourth-order valence-electron chi connectivity index (χ4n) is 3.64. The summed E-state index contributed by atoms with van der Waals surface area (Å²) in [6.07, 6.45) is -2.33. The molecule has 1 atom stereocenters. The van der Waals surface area contributed by atoms with Crippen LogP contribution in [0.1, 0.15) is 5.56 Å². The van der Waals surface area contributed by atoms with Crippen molar-refractivity contribution in [2.24, 2.45) is 0 Å². The lowest BCUT2D eigenvalue weighted by Crippen LogP contribution is -2.47. The number of aromatic nitrogens is 3. The number of aliphatic hydroxyl groups is 1. The fourth-order valence-corrected chi connectivity index (χ4v) is 3.64. The first-order valence-electron chi connectivity index (χ1n) is 9.85. The Bertz CT molecular complexity index is 1440. The second-order valence-corrected chi connectivity index (χ2v) is 7.55. The molecule has 3 aromatic carbocycles. The zero-order chi connectivity index (χ0) is 23.2. The molecule has 0 aliphatic heterocycles. The van der Waals surface area contributed by atoms with Crippen molar-refractivity contribution in [2.75, 3.05) is 11.9 Å². The number of hydrogen-bond donors (Lipinski definition) is 2. The monoisotopic (exact) mass is 456 g/mol. The normalized spacial score (nSPS) is 14.0. The fraction of sp³-hybridized carbons (Fsp3) is 0.130. The van der Waals surface area contributed by atoms with Crippen LogP contribution in [-0.2, 0) is 5.60 Å². The van der Waals surface area contributed by atoms with Gasteiger partial charge in [0.1, 0.15) is 11.3 Å². The first-order valence-corrected chi connectivity index (χ1v) is 9.85. The third kappa shape index (κ3) is 3.68. The zero-order valence-electron chi connectivity index (χ0n) is 16.8. The molecule has 0 bridgehead atoms. The number of nitrogens with zero attached hydrogens (tertiary/aromatic N) is 3. The highest BCUT2D eigenvalue weighted by atomic mass is 19.4. The third-order valence-electron chi connectivity index (χ3n) is 5.47. The SMILES string of the molecule is OC(CNc1ccc2ncoc2c1)(c1ccc2c(cnn2-c2ccc(F)cc2)c1)C(F)(F)F. The summed E-state index contributed by atoms with van der Waals surface area (Å²) in [4.78, 5) is 3.96. The minimum absolute atomic E-state index is 0.339. The second-order valence-electron chi connectivity index (χ2n) is 7.55. The first-order chi connectivity index (χ1) is 15.7. The van der Waals surface area contributed by atoms with Crippen LogP contribution in [0.3, 0.4) is 0 Å². The predicted molar refractivity (Wildman–Crippen MR) is 113 cm³/mol. The van der Waals surface area contributed by atoms with Crippen LogP contribution in [-0.4, -0.2) is 32.6 Å². The van der Waals surface area contributed by atoms with E-state index in [4.69, 9.17) is 4.42 Å². The van der Waals surface area contributed by atoms with Crippen LogP contribution in [0.5, 0.6) is 0 Å². The molecule has 2 aromatic heterocycles. The van der Waals surface area contributed by atoms with Gasteiger partial charge in [-0.25, -0.2) is 14.1 Å². The Kier molecular flexibility index (Phi) is 4.82. The van der Waals surface area contributed by atoms with E-state index < -0.39 is 24.1 Å². The molecule has 168 valence electrons. The predicted octanol–water partition coefficient (Wildman–Crippen LogP) is 5.17. The quantitative estimate of drug-likeness (QED) is 0.357. The van der Waals surface area contributed by atoms with Gasteiger partial charge in [-0.05, 0) is 54.1 Å². The number of halogens is 4. The van der Waals surface area contributed by atoms with Gasteiger partial charge in [0.15, 0.2) is 12.0 Å². The van der Waals surface area contributed by atoms with Crippen molar-refractivity contribution in [3.05, 3.63) is 84.6 Å². The third-order valence-corrected chi connectivity index (χ3v) is 5.47. The lowest BCUT2D eigenvalue weighted by Gasteiger charge is -2.31. The Labute approximate surface area is 184 Å². The topological polar surface area (TPSA) is 76.1 Å². The number of rotatable bonds is 5. The molecule has 0 radical (unpaired) electrons. The molecular weight excluding hydrogens is 440 g/mol. The van der Waals surface area contributed by atoms with E-state index in [2.05, 4.69) is 15.4 Å². The molecule has 0 saturated carbocycles. The molecule has 0 fully saturated rings. The van der Waals surface area contributed by atoms with Gasteiger partial charge in [0.25, 0.3) is 0 Å². The number of oxazole rings is 1. The molecule has 5 aromatic rings. The van der Waals surface area contributed by atoms with E-state index in [9.17, 15) is 22.7 Å². The van der Waals surface area contributed by atoms with E-state index in [-0.39, 0.29) is 5.56 Å². The van der Waals surface area contributed by atoms with E-state index >= 15 is 0 Å². The van der Waals surface area contributed by atoms with Crippen molar-refractivity contribution in [2.45, 2.75) is 11.8 Å². The van der Waals surface area contributed by atoms with E-state index in [1.807, 2.05) is 0 Å². The molecule has 0 aliphatic carbocycles. The lowest BCUT2D eigenvalue weighted by atomic mass is 9.92. The maximum absolute atomic E-state index is 14.0. The van der Waals surface area contributed by atoms with E-state index in [0.29, 0.717) is 33.4 Å². The van der Waals surface area contributed by atoms with Crippen LogP contribution in [0.2, 0.25) is 0 Å². The largest absolute Gasteiger partial charge is 0.443 e. The average Bonchev–Trinajstić information content (AvgIpc) is 3.43. The van der Waals surface area contributed by atoms with Gasteiger partial charge in [0.05, 0.1) is 23.9 Å². The average molecular weight is 456 g/mol. The highest BCUT2D eigenvalue weighted by Gasteiger charge is 2.55. The van der Waals surface area contributed by atoms with Crippen molar-refractivity contribution < 1.29 is 27.1 Å². The van der Waals surface area contributed by atoms with Crippen molar-refractivity contribution in [3.8, 4) is 5.69 Å². The number of benzene rings is 3. The molecule has 5 rings (SSSR count). The molecule has 2 heterocycles. The number of nitrogens with one attached hydrogen (secondary N) is 1. The molecule has 1 unspecified atom stereocenters. The van der Waals surface area contributed by atoms with Gasteiger partial charge in [0, 0.05) is 17.1 Å². The standard InChI is InChI=1S/C23H16F4N4O2/c24-16-2-5-18(6-3-16)31-20-8-1-15(9-14(20)11-30-31)22(32,23(25,26)27)12-28-17-4-7-19-21(10-17)33-13-29-19/h1-11,13,28,32H,12H2. The van der Waals surface area contributed by atoms with Gasteiger partial charge in [0.2, 0.25) is 5.60 Å². The summed E-state index contributed by atoms with van der Waals surface area (Å²) in [5, 5.41) is 18.0. The molecule has 0 amide bonds. The molecule has 0 aliphatic rings. The summed E-state index contributed by atoms with van der Waals surface area (Å²) < 4.78 is 62.0. The van der Waals surface area contributed by atoms with E-state index in [1.54, 1.807) is 12.1 Å². The summed E-state index contributed by atoms with van der Waals surface area (Å²) in [7, 11) is 0. The number of alkyl halides is 3. The number of anilines is 1. The van der Waals surface area contributed by atoms with Crippen LogP contribution >= 0.6 is 0 Å². The Morgan fingerprint density at radius 1 is 1.00 bits per heavy atom. The van der Waals surface area contributed by atoms with Gasteiger partial charge < -0.3 is 14.8 Å². The van der Waals surface area contributed by atoms with Gasteiger partial charge in [-0.15, -0.1) is 0 Å². The van der Waals surface area contributed by atoms with Crippen LogP contribution in [0.15, 0.2) is 77.7 Å². The maximum atomic E-state index is 14.0. The van der Waals surface area contributed by atoms with Crippen LogP contribution in [0.25, 0.3) is 27.7 Å². The van der Waals surface area contributed by atoms with Gasteiger partial charge in [-0.2, -0.15) is 18.3 Å². The smallest absolute Gasteiger partial charge is 0.423 e. The minimum Gasteiger partial charge on any atom is -0.443 e. The van der Waals surface area contributed by atoms with Crippen molar-refractivity contribution in [1.29, 1.82) is 0 Å². The molecular formula is C23H16F4N4O2. The van der Waals surface area contributed by atoms with Gasteiger partial charge >= 0.3 is 6.18 Å². The van der Waals surface area contributed by atoms with Gasteiger partial charge in [-0.3, -0.25) is 0 Å². The number of fused-ring (bicyclic) bond motifs is 2. The molecule has 6 nitrogen and oxygen atoms in total. The second kappa shape index (κ2) is 7.59. The Balaban J connectivity index is 1.48. The van der Waals surface area contributed by atoms with Crippen LogP contribution in [0, 0.1) is 5.82 Å². The molecule has 10 heteroatoms.